The molecule has 86 valence electrons. The number of rotatable bonds is 4. The van der Waals surface area contributed by atoms with Crippen molar-refractivity contribution in [3.05, 3.63) is 32.2 Å². The van der Waals surface area contributed by atoms with E-state index in [1.807, 2.05) is 14.0 Å². The van der Waals surface area contributed by atoms with Crippen LogP contribution in [0.3, 0.4) is 0 Å². The third kappa shape index (κ3) is 2.66. The van der Waals surface area contributed by atoms with Gasteiger partial charge in [-0.1, -0.05) is 0 Å². The predicted octanol–water partition coefficient (Wildman–Crippen LogP) is 2.78. The van der Waals surface area contributed by atoms with E-state index >= 15 is 0 Å². The molecule has 0 aliphatic rings. The standard InChI is InChI=1S/C11H15N3S2/c1-7(12-3)10-6-16-11(14-10)4-9-5-15-8(2)13-9/h5-7,12H,4H2,1-3H3. The van der Waals surface area contributed by atoms with Gasteiger partial charge in [0.05, 0.1) is 21.4 Å². The molecule has 5 heteroatoms. The zero-order valence-electron chi connectivity index (χ0n) is 9.65. The Morgan fingerprint density at radius 3 is 2.75 bits per heavy atom. The van der Waals surface area contributed by atoms with Crippen LogP contribution in [0.25, 0.3) is 0 Å². The van der Waals surface area contributed by atoms with Crippen LogP contribution in [-0.4, -0.2) is 17.0 Å². The minimum Gasteiger partial charge on any atom is -0.312 e. The van der Waals surface area contributed by atoms with Crippen molar-refractivity contribution in [2.24, 2.45) is 0 Å². The van der Waals surface area contributed by atoms with Gasteiger partial charge in [0.2, 0.25) is 0 Å². The Bertz CT molecular complexity index is 461. The highest BCUT2D eigenvalue weighted by Gasteiger charge is 2.09. The molecular weight excluding hydrogens is 238 g/mol. The van der Waals surface area contributed by atoms with Gasteiger partial charge < -0.3 is 5.32 Å². The number of nitrogens with zero attached hydrogens (tertiary/aromatic N) is 2. The van der Waals surface area contributed by atoms with Crippen LogP contribution in [0.5, 0.6) is 0 Å². The molecule has 0 amide bonds. The summed E-state index contributed by atoms with van der Waals surface area (Å²) < 4.78 is 0. The fourth-order valence-electron chi connectivity index (χ4n) is 1.40. The second-order valence-electron chi connectivity index (χ2n) is 3.71. The Morgan fingerprint density at radius 1 is 1.31 bits per heavy atom. The van der Waals surface area contributed by atoms with Gasteiger partial charge in [0.1, 0.15) is 0 Å². The molecule has 2 aromatic heterocycles. The smallest absolute Gasteiger partial charge is 0.0989 e. The summed E-state index contributed by atoms with van der Waals surface area (Å²) in [6.07, 6.45) is 0.853. The Morgan fingerprint density at radius 2 is 2.12 bits per heavy atom. The van der Waals surface area contributed by atoms with Crippen molar-refractivity contribution in [2.45, 2.75) is 26.3 Å². The number of aromatic nitrogens is 2. The van der Waals surface area contributed by atoms with Crippen LogP contribution >= 0.6 is 22.7 Å². The van der Waals surface area contributed by atoms with Crippen molar-refractivity contribution in [3.63, 3.8) is 0 Å². The van der Waals surface area contributed by atoms with Crippen LogP contribution in [0.1, 0.15) is 34.4 Å². The van der Waals surface area contributed by atoms with Gasteiger partial charge in [0.15, 0.2) is 0 Å². The van der Waals surface area contributed by atoms with Crippen LogP contribution in [0, 0.1) is 6.92 Å². The van der Waals surface area contributed by atoms with Gasteiger partial charge in [-0.05, 0) is 20.9 Å². The molecule has 0 spiro atoms. The maximum atomic E-state index is 4.61. The lowest BCUT2D eigenvalue weighted by Gasteiger charge is -2.04. The van der Waals surface area contributed by atoms with E-state index in [0.717, 1.165) is 27.8 Å². The first-order valence-corrected chi connectivity index (χ1v) is 6.97. The molecule has 2 aromatic rings. The van der Waals surface area contributed by atoms with Crippen molar-refractivity contribution < 1.29 is 0 Å². The van der Waals surface area contributed by atoms with Crippen LogP contribution in [0.4, 0.5) is 0 Å². The van der Waals surface area contributed by atoms with Crippen molar-refractivity contribution in [1.29, 1.82) is 0 Å². The van der Waals surface area contributed by atoms with Crippen LogP contribution in [0.2, 0.25) is 0 Å². The molecule has 3 nitrogen and oxygen atoms in total. The Labute approximate surface area is 104 Å². The fraction of sp³-hybridized carbons (Fsp3) is 0.455. The third-order valence-electron chi connectivity index (χ3n) is 2.45. The minimum absolute atomic E-state index is 0.321. The van der Waals surface area contributed by atoms with E-state index in [2.05, 4.69) is 33.0 Å². The monoisotopic (exact) mass is 253 g/mol. The van der Waals surface area contributed by atoms with E-state index in [0.29, 0.717) is 6.04 Å². The van der Waals surface area contributed by atoms with E-state index in [9.17, 15) is 0 Å². The SMILES string of the molecule is CNC(C)c1csc(Cc2csc(C)n2)n1. The van der Waals surface area contributed by atoms with Gasteiger partial charge in [-0.3, -0.25) is 0 Å². The largest absolute Gasteiger partial charge is 0.312 e. The Kier molecular flexibility index (Phi) is 3.68. The first-order chi connectivity index (χ1) is 7.69. The van der Waals surface area contributed by atoms with Crippen molar-refractivity contribution >= 4 is 22.7 Å². The molecule has 1 N–H and O–H groups in total. The molecule has 0 saturated heterocycles. The minimum atomic E-state index is 0.321. The highest BCUT2D eigenvalue weighted by molar-refractivity contribution is 7.10. The van der Waals surface area contributed by atoms with Gasteiger partial charge in [0, 0.05) is 23.2 Å². The average Bonchev–Trinajstić information content (AvgIpc) is 2.87. The molecule has 1 unspecified atom stereocenters. The molecule has 0 saturated carbocycles. The average molecular weight is 253 g/mol. The quantitative estimate of drug-likeness (QED) is 0.910. The van der Waals surface area contributed by atoms with Crippen LogP contribution in [0.15, 0.2) is 10.8 Å². The summed E-state index contributed by atoms with van der Waals surface area (Å²) >= 11 is 3.41. The summed E-state index contributed by atoms with van der Waals surface area (Å²) in [6, 6.07) is 0.321. The lowest BCUT2D eigenvalue weighted by atomic mass is 10.3. The zero-order valence-corrected chi connectivity index (χ0v) is 11.3. The van der Waals surface area contributed by atoms with E-state index in [1.54, 1.807) is 22.7 Å². The van der Waals surface area contributed by atoms with Crippen LogP contribution < -0.4 is 5.32 Å². The first-order valence-electron chi connectivity index (χ1n) is 5.21. The maximum absolute atomic E-state index is 4.61. The number of nitrogens with one attached hydrogen (secondary N) is 1. The highest BCUT2D eigenvalue weighted by Crippen LogP contribution is 2.19. The van der Waals surface area contributed by atoms with Crippen molar-refractivity contribution in [2.75, 3.05) is 7.05 Å². The van der Waals surface area contributed by atoms with Gasteiger partial charge in [-0.15, -0.1) is 22.7 Å². The number of thiazole rings is 2. The lowest BCUT2D eigenvalue weighted by Crippen LogP contribution is -2.12. The summed E-state index contributed by atoms with van der Waals surface area (Å²) in [5.41, 5.74) is 2.25. The number of hydrogen-bond acceptors (Lipinski definition) is 5. The summed E-state index contributed by atoms with van der Waals surface area (Å²) in [6.45, 7) is 4.15. The van der Waals surface area contributed by atoms with E-state index in [4.69, 9.17) is 0 Å². The molecular formula is C11H15N3S2. The van der Waals surface area contributed by atoms with Crippen molar-refractivity contribution in [3.8, 4) is 0 Å². The van der Waals surface area contributed by atoms with E-state index < -0.39 is 0 Å². The summed E-state index contributed by atoms with van der Waals surface area (Å²) in [5, 5.41) is 9.68. The Balaban J connectivity index is 2.08. The first kappa shape index (κ1) is 11.7. The molecule has 2 heterocycles. The summed E-state index contributed by atoms with van der Waals surface area (Å²) in [5.74, 6) is 0. The van der Waals surface area contributed by atoms with Crippen molar-refractivity contribution in [1.82, 2.24) is 15.3 Å². The second kappa shape index (κ2) is 5.03. The molecule has 16 heavy (non-hydrogen) atoms. The van der Waals surface area contributed by atoms with Gasteiger partial charge in [-0.25, -0.2) is 9.97 Å². The van der Waals surface area contributed by atoms with Gasteiger partial charge >= 0.3 is 0 Å². The Hall–Kier alpha value is -0.780. The zero-order chi connectivity index (χ0) is 11.5. The summed E-state index contributed by atoms with van der Waals surface area (Å²) in [4.78, 5) is 9.06. The van der Waals surface area contributed by atoms with Crippen LogP contribution in [-0.2, 0) is 6.42 Å². The maximum Gasteiger partial charge on any atom is 0.0989 e. The molecule has 0 aliphatic carbocycles. The van der Waals surface area contributed by atoms with Gasteiger partial charge in [0.25, 0.3) is 0 Å². The number of aryl methyl sites for hydroxylation is 1. The van der Waals surface area contributed by atoms with E-state index in [1.165, 1.54) is 0 Å². The highest BCUT2D eigenvalue weighted by atomic mass is 32.1. The molecule has 2 rings (SSSR count). The second-order valence-corrected chi connectivity index (χ2v) is 5.72. The van der Waals surface area contributed by atoms with Gasteiger partial charge in [-0.2, -0.15) is 0 Å². The topological polar surface area (TPSA) is 37.8 Å². The third-order valence-corrected chi connectivity index (χ3v) is 4.13. The molecule has 1 atom stereocenters. The molecule has 0 bridgehead atoms. The normalized spacial score (nSPS) is 12.9. The fourth-order valence-corrected chi connectivity index (χ4v) is 2.91. The molecule has 0 radical (unpaired) electrons. The lowest BCUT2D eigenvalue weighted by molar-refractivity contribution is 0.635. The molecule has 0 fully saturated rings. The van der Waals surface area contributed by atoms with E-state index in [-0.39, 0.29) is 0 Å². The molecule has 0 aromatic carbocycles. The summed E-state index contributed by atoms with van der Waals surface area (Å²) in [7, 11) is 1.95. The molecule has 0 aliphatic heterocycles. The predicted molar refractivity (Wildman–Crippen MR) is 69.2 cm³/mol. The number of hydrogen-bond donors (Lipinski definition) is 1.